The summed E-state index contributed by atoms with van der Waals surface area (Å²) in [4.78, 5) is 7.68. The number of benzene rings is 1. The van der Waals surface area contributed by atoms with E-state index in [9.17, 15) is 0 Å². The molecule has 1 N–H and O–H groups in total. The van der Waals surface area contributed by atoms with Gasteiger partial charge in [0.15, 0.2) is 11.5 Å². The zero-order valence-corrected chi connectivity index (χ0v) is 10.6. The Morgan fingerprint density at radius 3 is 2.44 bits per heavy atom. The smallest absolute Gasteiger partial charge is 0.162 e. The maximum absolute atomic E-state index is 5.33. The van der Waals surface area contributed by atoms with E-state index in [4.69, 9.17) is 9.47 Å². The zero-order chi connectivity index (χ0) is 12.7. The first-order chi connectivity index (χ1) is 8.72. The minimum absolute atomic E-state index is 0.716. The van der Waals surface area contributed by atoms with E-state index >= 15 is 0 Å². The monoisotopic (exact) mass is 242 g/mol. The summed E-state index contributed by atoms with van der Waals surface area (Å²) < 4.78 is 10.6. The summed E-state index contributed by atoms with van der Waals surface area (Å²) in [6.45, 7) is 2.03. The highest BCUT2D eigenvalue weighted by molar-refractivity contribution is 6.07. The van der Waals surface area contributed by atoms with Crippen molar-refractivity contribution in [3.63, 3.8) is 0 Å². The van der Waals surface area contributed by atoms with Gasteiger partial charge < -0.3 is 14.5 Å². The van der Waals surface area contributed by atoms with Gasteiger partial charge in [-0.3, -0.25) is 0 Å². The molecule has 0 aliphatic heterocycles. The van der Waals surface area contributed by atoms with E-state index in [1.807, 2.05) is 25.3 Å². The average Bonchev–Trinajstić information content (AvgIpc) is 2.74. The van der Waals surface area contributed by atoms with Crippen LogP contribution in [0.25, 0.3) is 21.9 Å². The fourth-order valence-corrected chi connectivity index (χ4v) is 2.21. The fraction of sp³-hybridized carbons (Fsp3) is 0.214. The highest BCUT2D eigenvalue weighted by Crippen LogP contribution is 2.35. The molecule has 0 saturated heterocycles. The summed E-state index contributed by atoms with van der Waals surface area (Å²) >= 11 is 0. The number of aryl methyl sites for hydroxylation is 1. The summed E-state index contributed by atoms with van der Waals surface area (Å²) in [5.41, 5.74) is 3.02. The van der Waals surface area contributed by atoms with Crippen molar-refractivity contribution in [1.29, 1.82) is 0 Å². The van der Waals surface area contributed by atoms with Crippen molar-refractivity contribution in [3.8, 4) is 11.5 Å². The number of nitrogens with one attached hydrogen (secondary N) is 1. The molecule has 3 rings (SSSR count). The van der Waals surface area contributed by atoms with Crippen molar-refractivity contribution in [3.05, 3.63) is 30.0 Å². The molecule has 18 heavy (non-hydrogen) atoms. The maximum atomic E-state index is 5.33. The Labute approximate surface area is 105 Å². The molecule has 0 unspecified atom stereocenters. The van der Waals surface area contributed by atoms with Gasteiger partial charge in [0.05, 0.1) is 19.7 Å². The van der Waals surface area contributed by atoms with Crippen molar-refractivity contribution in [2.45, 2.75) is 6.92 Å². The number of aromatic nitrogens is 2. The van der Waals surface area contributed by atoms with Crippen molar-refractivity contribution in [2.75, 3.05) is 14.2 Å². The Morgan fingerprint density at radius 1 is 1.00 bits per heavy atom. The van der Waals surface area contributed by atoms with Gasteiger partial charge in [-0.1, -0.05) is 0 Å². The summed E-state index contributed by atoms with van der Waals surface area (Å²) in [7, 11) is 3.27. The first-order valence-electron chi connectivity index (χ1n) is 5.73. The number of pyridine rings is 1. The fourth-order valence-electron chi connectivity index (χ4n) is 2.21. The Bertz CT molecular complexity index is 731. The lowest BCUT2D eigenvalue weighted by atomic mass is 10.1. The van der Waals surface area contributed by atoms with Gasteiger partial charge in [-0.25, -0.2) is 4.98 Å². The number of hydrogen-bond acceptors (Lipinski definition) is 3. The lowest BCUT2D eigenvalue weighted by Crippen LogP contribution is -1.89. The number of fused-ring (bicyclic) bond motifs is 3. The Kier molecular flexibility index (Phi) is 2.37. The lowest BCUT2D eigenvalue weighted by Gasteiger charge is -2.07. The lowest BCUT2D eigenvalue weighted by molar-refractivity contribution is 0.356. The van der Waals surface area contributed by atoms with Crippen LogP contribution in [-0.2, 0) is 0 Å². The van der Waals surface area contributed by atoms with E-state index in [0.717, 1.165) is 33.2 Å². The second-order valence-electron chi connectivity index (χ2n) is 4.29. The van der Waals surface area contributed by atoms with Gasteiger partial charge in [-0.05, 0) is 24.6 Å². The van der Waals surface area contributed by atoms with E-state index in [2.05, 4.69) is 16.0 Å². The number of hydrogen-bond donors (Lipinski definition) is 1. The van der Waals surface area contributed by atoms with Crippen molar-refractivity contribution in [1.82, 2.24) is 9.97 Å². The molecule has 0 spiro atoms. The molecule has 0 atom stereocenters. The van der Waals surface area contributed by atoms with Crippen LogP contribution in [-0.4, -0.2) is 24.2 Å². The molecule has 0 aliphatic carbocycles. The summed E-state index contributed by atoms with van der Waals surface area (Å²) in [6.07, 6.45) is 1.85. The average molecular weight is 242 g/mol. The Hall–Kier alpha value is -2.23. The number of nitrogens with zero attached hydrogens (tertiary/aromatic N) is 1. The van der Waals surface area contributed by atoms with E-state index < -0.39 is 0 Å². The van der Waals surface area contributed by atoms with Crippen LogP contribution in [0, 0.1) is 6.92 Å². The third kappa shape index (κ3) is 1.49. The molecule has 0 saturated carbocycles. The van der Waals surface area contributed by atoms with E-state index in [1.165, 1.54) is 0 Å². The van der Waals surface area contributed by atoms with Gasteiger partial charge in [0.2, 0.25) is 0 Å². The quantitative estimate of drug-likeness (QED) is 0.751. The Morgan fingerprint density at radius 2 is 1.72 bits per heavy atom. The van der Waals surface area contributed by atoms with Crippen LogP contribution in [0.2, 0.25) is 0 Å². The Balaban J connectivity index is 2.41. The molecule has 0 aliphatic rings. The minimum atomic E-state index is 0.716. The standard InChI is InChI=1S/C14H14N2O2/c1-8-4-10-9-5-12(17-2)13(18-3)6-11(9)16-14(10)15-7-8/h4-7H,1-3H3,(H,15,16). The van der Waals surface area contributed by atoms with Crippen molar-refractivity contribution in [2.24, 2.45) is 0 Å². The highest BCUT2D eigenvalue weighted by Gasteiger charge is 2.11. The van der Waals surface area contributed by atoms with Gasteiger partial charge in [-0.15, -0.1) is 0 Å². The van der Waals surface area contributed by atoms with Crippen LogP contribution in [0.15, 0.2) is 24.4 Å². The first-order valence-corrected chi connectivity index (χ1v) is 5.73. The second-order valence-corrected chi connectivity index (χ2v) is 4.29. The number of rotatable bonds is 2. The molecular weight excluding hydrogens is 228 g/mol. The molecule has 0 amide bonds. The van der Waals surface area contributed by atoms with E-state index in [0.29, 0.717) is 5.75 Å². The molecule has 2 heterocycles. The van der Waals surface area contributed by atoms with Gasteiger partial charge in [0, 0.05) is 23.0 Å². The summed E-state index contributed by atoms with van der Waals surface area (Å²) in [5, 5.41) is 2.20. The van der Waals surface area contributed by atoms with Crippen LogP contribution < -0.4 is 9.47 Å². The molecule has 1 aromatic carbocycles. The molecule has 3 aromatic rings. The maximum Gasteiger partial charge on any atom is 0.162 e. The van der Waals surface area contributed by atoms with Crippen LogP contribution in [0.4, 0.5) is 0 Å². The molecule has 0 fully saturated rings. The van der Waals surface area contributed by atoms with Gasteiger partial charge >= 0.3 is 0 Å². The molecule has 4 nitrogen and oxygen atoms in total. The van der Waals surface area contributed by atoms with Crippen LogP contribution in [0.3, 0.4) is 0 Å². The van der Waals surface area contributed by atoms with Crippen LogP contribution in [0.1, 0.15) is 5.56 Å². The molecule has 0 bridgehead atoms. The number of H-pyrrole nitrogens is 1. The summed E-state index contributed by atoms with van der Waals surface area (Å²) in [6, 6.07) is 6.03. The SMILES string of the molecule is COc1cc2[nH]c3ncc(C)cc3c2cc1OC. The number of ether oxygens (including phenoxy) is 2. The number of aromatic amines is 1. The zero-order valence-electron chi connectivity index (χ0n) is 10.6. The normalized spacial score (nSPS) is 11.1. The predicted octanol–water partition coefficient (Wildman–Crippen LogP) is 3.04. The minimum Gasteiger partial charge on any atom is -0.493 e. The molecular formula is C14H14N2O2. The highest BCUT2D eigenvalue weighted by atomic mass is 16.5. The van der Waals surface area contributed by atoms with Gasteiger partial charge in [0.1, 0.15) is 5.65 Å². The van der Waals surface area contributed by atoms with Crippen molar-refractivity contribution < 1.29 is 9.47 Å². The van der Waals surface area contributed by atoms with Crippen molar-refractivity contribution >= 4 is 21.9 Å². The van der Waals surface area contributed by atoms with Gasteiger partial charge in [0.25, 0.3) is 0 Å². The van der Waals surface area contributed by atoms with Crippen LogP contribution >= 0.6 is 0 Å². The van der Waals surface area contributed by atoms with Crippen LogP contribution in [0.5, 0.6) is 11.5 Å². The topological polar surface area (TPSA) is 47.1 Å². The number of methoxy groups -OCH3 is 2. The first kappa shape index (κ1) is 10.9. The third-order valence-corrected chi connectivity index (χ3v) is 3.09. The third-order valence-electron chi connectivity index (χ3n) is 3.09. The second kappa shape index (κ2) is 3.91. The predicted molar refractivity (Wildman–Crippen MR) is 71.4 cm³/mol. The molecule has 92 valence electrons. The molecule has 2 aromatic heterocycles. The molecule has 0 radical (unpaired) electrons. The largest absolute Gasteiger partial charge is 0.493 e. The summed E-state index contributed by atoms with van der Waals surface area (Å²) in [5.74, 6) is 1.45. The van der Waals surface area contributed by atoms with E-state index in [-0.39, 0.29) is 0 Å². The van der Waals surface area contributed by atoms with Gasteiger partial charge in [-0.2, -0.15) is 0 Å². The molecule has 4 heteroatoms. The van der Waals surface area contributed by atoms with E-state index in [1.54, 1.807) is 14.2 Å².